The molecular formula is C23H21F3N2O6. The average Bonchev–Trinajstić information content (AvgIpc) is 3.38. The van der Waals surface area contributed by atoms with Gasteiger partial charge in [0, 0.05) is 12.5 Å². The van der Waals surface area contributed by atoms with Crippen molar-refractivity contribution in [2.75, 3.05) is 13.2 Å². The van der Waals surface area contributed by atoms with Crippen LogP contribution in [0.25, 0.3) is 11.1 Å². The summed E-state index contributed by atoms with van der Waals surface area (Å²) in [5.41, 5.74) is 3.66. The zero-order chi connectivity index (χ0) is 24.5. The van der Waals surface area contributed by atoms with Gasteiger partial charge in [0.2, 0.25) is 6.04 Å². The summed E-state index contributed by atoms with van der Waals surface area (Å²) in [6.07, 6.45) is -7.99. The highest BCUT2D eigenvalue weighted by Gasteiger charge is 2.48. The molecular weight excluding hydrogens is 457 g/mol. The van der Waals surface area contributed by atoms with E-state index in [9.17, 15) is 27.6 Å². The second-order valence-corrected chi connectivity index (χ2v) is 7.98. The van der Waals surface area contributed by atoms with Crippen molar-refractivity contribution in [2.24, 2.45) is 0 Å². The molecule has 1 aliphatic carbocycles. The number of carbonyl (C=O) groups excluding carboxylic acids is 2. The van der Waals surface area contributed by atoms with Crippen LogP contribution < -0.4 is 10.6 Å². The molecule has 3 N–H and O–H groups in total. The van der Waals surface area contributed by atoms with Gasteiger partial charge >= 0.3 is 18.2 Å². The maximum Gasteiger partial charge on any atom is 0.417 e. The molecule has 0 saturated carbocycles. The smallest absolute Gasteiger partial charge is 0.417 e. The molecule has 1 fully saturated rings. The normalized spacial score (nSPS) is 20.2. The van der Waals surface area contributed by atoms with E-state index in [2.05, 4.69) is 0 Å². The van der Waals surface area contributed by atoms with E-state index in [1.807, 2.05) is 53.8 Å². The number of alkyl carbamates (subject to hydrolysis) is 1. The van der Waals surface area contributed by atoms with Crippen LogP contribution in [0.2, 0.25) is 0 Å². The van der Waals surface area contributed by atoms with Crippen molar-refractivity contribution in [1.29, 1.82) is 0 Å². The van der Waals surface area contributed by atoms with Gasteiger partial charge in [0.25, 0.3) is 5.91 Å². The molecule has 4 rings (SSSR count). The van der Waals surface area contributed by atoms with Gasteiger partial charge in [-0.3, -0.25) is 4.79 Å². The number of aliphatic carboxylic acids is 1. The van der Waals surface area contributed by atoms with Gasteiger partial charge in [0.1, 0.15) is 6.61 Å². The van der Waals surface area contributed by atoms with Gasteiger partial charge in [0.15, 0.2) is 6.10 Å². The number of amides is 2. The second kappa shape index (κ2) is 9.34. The highest BCUT2D eigenvalue weighted by atomic mass is 19.4. The van der Waals surface area contributed by atoms with Crippen molar-refractivity contribution in [1.82, 2.24) is 10.6 Å². The fraction of sp³-hybridized carbons (Fsp3) is 0.348. The maximum absolute atomic E-state index is 13.5. The fourth-order valence-corrected chi connectivity index (χ4v) is 4.30. The fourth-order valence-electron chi connectivity index (χ4n) is 4.30. The van der Waals surface area contributed by atoms with E-state index in [1.165, 1.54) is 0 Å². The number of rotatable bonds is 6. The van der Waals surface area contributed by atoms with E-state index in [4.69, 9.17) is 14.6 Å². The van der Waals surface area contributed by atoms with Gasteiger partial charge in [-0.1, -0.05) is 48.5 Å². The van der Waals surface area contributed by atoms with Crippen LogP contribution in [-0.4, -0.2) is 60.7 Å². The molecule has 8 nitrogen and oxygen atoms in total. The number of carboxylic acids is 1. The molecule has 34 heavy (non-hydrogen) atoms. The molecule has 0 aromatic heterocycles. The van der Waals surface area contributed by atoms with Crippen molar-refractivity contribution in [3.05, 3.63) is 59.7 Å². The second-order valence-electron chi connectivity index (χ2n) is 7.98. The quantitative estimate of drug-likeness (QED) is 0.589. The van der Waals surface area contributed by atoms with Crippen LogP contribution in [0.4, 0.5) is 18.0 Å². The predicted octanol–water partition coefficient (Wildman–Crippen LogP) is 2.81. The molecule has 0 bridgehead atoms. The standard InChI is InChI=1S/C23H21F3N2O6/c24-23(25,26)19(20(29)27-17-9-10-33-18(17)21(30)31)28-22(32)34-11-16-14-7-3-1-5-12(14)13-6-2-4-8-15(13)16/h1-8,16-19H,9-11H2,(H,27,29)(H,28,32)(H,30,31)/t17-,18+,19?/m1/s1. The Bertz CT molecular complexity index is 1060. The zero-order valence-electron chi connectivity index (χ0n) is 17.7. The Morgan fingerprint density at radius 3 is 2.21 bits per heavy atom. The summed E-state index contributed by atoms with van der Waals surface area (Å²) in [6.45, 7) is -0.262. The third-order valence-corrected chi connectivity index (χ3v) is 5.86. The van der Waals surface area contributed by atoms with Gasteiger partial charge in [-0.05, 0) is 28.7 Å². The van der Waals surface area contributed by atoms with E-state index in [0.717, 1.165) is 22.3 Å². The minimum Gasteiger partial charge on any atom is -0.479 e. The van der Waals surface area contributed by atoms with E-state index < -0.39 is 42.3 Å². The van der Waals surface area contributed by atoms with Crippen LogP contribution in [0, 0.1) is 0 Å². The lowest BCUT2D eigenvalue weighted by Gasteiger charge is -2.24. The predicted molar refractivity (Wildman–Crippen MR) is 112 cm³/mol. The number of alkyl halides is 3. The first-order valence-electron chi connectivity index (χ1n) is 10.5. The van der Waals surface area contributed by atoms with Crippen LogP contribution in [0.5, 0.6) is 0 Å². The third-order valence-electron chi connectivity index (χ3n) is 5.86. The molecule has 0 spiro atoms. The summed E-state index contributed by atoms with van der Waals surface area (Å²) in [7, 11) is 0. The Morgan fingerprint density at radius 2 is 1.65 bits per heavy atom. The Hall–Kier alpha value is -3.60. The summed E-state index contributed by atoms with van der Waals surface area (Å²) in [4.78, 5) is 35.7. The van der Waals surface area contributed by atoms with Crippen LogP contribution >= 0.6 is 0 Å². The van der Waals surface area contributed by atoms with Gasteiger partial charge < -0.3 is 25.2 Å². The molecule has 3 atom stereocenters. The average molecular weight is 478 g/mol. The lowest BCUT2D eigenvalue weighted by molar-refractivity contribution is -0.168. The molecule has 1 saturated heterocycles. The lowest BCUT2D eigenvalue weighted by atomic mass is 9.98. The number of carbonyl (C=O) groups is 3. The highest BCUT2D eigenvalue weighted by molar-refractivity contribution is 5.87. The number of hydrogen-bond donors (Lipinski definition) is 3. The van der Waals surface area contributed by atoms with Gasteiger partial charge in [-0.25, -0.2) is 9.59 Å². The topological polar surface area (TPSA) is 114 Å². The Labute approximate surface area is 192 Å². The van der Waals surface area contributed by atoms with E-state index in [-0.39, 0.29) is 25.6 Å². The summed E-state index contributed by atoms with van der Waals surface area (Å²) in [5, 5.41) is 12.6. The van der Waals surface area contributed by atoms with E-state index in [1.54, 1.807) is 5.32 Å². The Morgan fingerprint density at radius 1 is 1.06 bits per heavy atom. The van der Waals surface area contributed by atoms with Crippen molar-refractivity contribution in [2.45, 2.75) is 36.7 Å². The number of hydrogen-bond acceptors (Lipinski definition) is 5. The first kappa shape index (κ1) is 23.6. The van der Waals surface area contributed by atoms with Crippen LogP contribution in [0.15, 0.2) is 48.5 Å². The number of nitrogens with one attached hydrogen (secondary N) is 2. The summed E-state index contributed by atoms with van der Waals surface area (Å²) in [5.74, 6) is -3.37. The monoisotopic (exact) mass is 478 g/mol. The van der Waals surface area contributed by atoms with Crippen molar-refractivity contribution >= 4 is 18.0 Å². The molecule has 11 heteroatoms. The minimum absolute atomic E-state index is 0.0260. The number of carboxylic acid groups (broad SMARTS) is 1. The van der Waals surface area contributed by atoms with Crippen LogP contribution in [0.3, 0.4) is 0 Å². The lowest BCUT2D eigenvalue weighted by Crippen LogP contribution is -2.58. The SMILES string of the molecule is O=C(NC(C(=O)N[C@@H]1CCO[C@@H]1C(=O)O)C(F)(F)F)OCC1c2ccccc2-c2ccccc21. The van der Waals surface area contributed by atoms with Crippen LogP contribution in [0.1, 0.15) is 23.5 Å². The number of ether oxygens (including phenoxy) is 2. The van der Waals surface area contributed by atoms with Crippen molar-refractivity contribution in [3.63, 3.8) is 0 Å². The molecule has 1 aliphatic heterocycles. The van der Waals surface area contributed by atoms with Crippen molar-refractivity contribution < 1.29 is 42.1 Å². The largest absolute Gasteiger partial charge is 0.479 e. The molecule has 2 aromatic carbocycles. The first-order chi connectivity index (χ1) is 16.2. The molecule has 2 aliphatic rings. The molecule has 1 heterocycles. The first-order valence-corrected chi connectivity index (χ1v) is 10.5. The highest BCUT2D eigenvalue weighted by Crippen LogP contribution is 2.44. The van der Waals surface area contributed by atoms with Gasteiger partial charge in [-0.15, -0.1) is 0 Å². The number of fused-ring (bicyclic) bond motifs is 3. The number of halogens is 3. The Balaban J connectivity index is 1.42. The Kier molecular flexibility index (Phi) is 6.47. The zero-order valence-corrected chi connectivity index (χ0v) is 17.7. The van der Waals surface area contributed by atoms with E-state index >= 15 is 0 Å². The van der Waals surface area contributed by atoms with Gasteiger partial charge in [-0.2, -0.15) is 13.2 Å². The van der Waals surface area contributed by atoms with Crippen molar-refractivity contribution in [3.8, 4) is 11.1 Å². The summed E-state index contributed by atoms with van der Waals surface area (Å²) in [6, 6.07) is 10.8. The molecule has 180 valence electrons. The summed E-state index contributed by atoms with van der Waals surface area (Å²) >= 11 is 0. The van der Waals surface area contributed by atoms with E-state index in [0.29, 0.717) is 0 Å². The van der Waals surface area contributed by atoms with Gasteiger partial charge in [0.05, 0.1) is 6.04 Å². The minimum atomic E-state index is -5.13. The third kappa shape index (κ3) is 4.69. The molecule has 2 aromatic rings. The van der Waals surface area contributed by atoms with Crippen LogP contribution in [-0.2, 0) is 19.1 Å². The molecule has 0 radical (unpaired) electrons. The molecule has 2 amide bonds. The maximum atomic E-state index is 13.5. The number of benzene rings is 2. The summed E-state index contributed by atoms with van der Waals surface area (Å²) < 4.78 is 50.6. The molecule has 1 unspecified atom stereocenters.